The zero-order valence-corrected chi connectivity index (χ0v) is 11.1. The van der Waals surface area contributed by atoms with E-state index in [2.05, 4.69) is 22.2 Å². The number of nitrogens with one attached hydrogen (secondary N) is 1. The standard InChI is InChI=1S/C13H19FN4O/c1-2-5-15-13-16-6-11(14)12(17-13)18-7-9-3-4-10(8-18)19-9/h6,9-10H,2-5,7-8H2,1H3,(H,15,16,17). The average Bonchev–Trinajstić information content (AvgIpc) is 2.76. The number of fused-ring (bicyclic) bond motifs is 2. The molecular weight excluding hydrogens is 247 g/mol. The van der Waals surface area contributed by atoms with Crippen molar-refractivity contribution in [1.82, 2.24) is 9.97 Å². The molecule has 2 atom stereocenters. The molecule has 104 valence electrons. The van der Waals surface area contributed by atoms with Gasteiger partial charge in [0.1, 0.15) is 0 Å². The molecule has 0 aliphatic carbocycles. The second-order valence-electron chi connectivity index (χ2n) is 5.15. The van der Waals surface area contributed by atoms with Gasteiger partial charge in [-0.1, -0.05) is 6.92 Å². The maximum absolute atomic E-state index is 13.9. The number of anilines is 2. The van der Waals surface area contributed by atoms with Crippen molar-refractivity contribution in [2.45, 2.75) is 38.4 Å². The second-order valence-corrected chi connectivity index (χ2v) is 5.15. The van der Waals surface area contributed by atoms with Gasteiger partial charge in [-0.05, 0) is 19.3 Å². The molecule has 0 radical (unpaired) electrons. The number of hydrogen-bond donors (Lipinski definition) is 1. The van der Waals surface area contributed by atoms with E-state index >= 15 is 0 Å². The van der Waals surface area contributed by atoms with Crippen molar-refractivity contribution in [2.24, 2.45) is 0 Å². The van der Waals surface area contributed by atoms with E-state index in [0.717, 1.165) is 38.9 Å². The summed E-state index contributed by atoms with van der Waals surface area (Å²) in [5.74, 6) is 0.536. The van der Waals surface area contributed by atoms with E-state index in [-0.39, 0.29) is 18.0 Å². The van der Waals surface area contributed by atoms with Crippen molar-refractivity contribution in [2.75, 3.05) is 29.9 Å². The van der Waals surface area contributed by atoms with Crippen molar-refractivity contribution in [3.63, 3.8) is 0 Å². The summed E-state index contributed by atoms with van der Waals surface area (Å²) in [7, 11) is 0. The van der Waals surface area contributed by atoms with E-state index in [4.69, 9.17) is 4.74 Å². The van der Waals surface area contributed by atoms with Crippen molar-refractivity contribution < 1.29 is 9.13 Å². The highest BCUT2D eigenvalue weighted by Gasteiger charge is 2.35. The first kappa shape index (κ1) is 12.6. The van der Waals surface area contributed by atoms with E-state index in [0.29, 0.717) is 11.8 Å². The highest BCUT2D eigenvalue weighted by atomic mass is 19.1. The topological polar surface area (TPSA) is 50.3 Å². The van der Waals surface area contributed by atoms with Gasteiger partial charge in [-0.2, -0.15) is 4.98 Å². The molecule has 0 spiro atoms. The molecule has 0 amide bonds. The number of morpholine rings is 1. The summed E-state index contributed by atoms with van der Waals surface area (Å²) in [6.07, 6.45) is 4.80. The van der Waals surface area contributed by atoms with Crippen LogP contribution in [0.3, 0.4) is 0 Å². The Bertz CT molecular complexity index is 444. The Morgan fingerprint density at radius 1 is 1.42 bits per heavy atom. The SMILES string of the molecule is CCCNc1ncc(F)c(N2CC3CCC(C2)O3)n1. The van der Waals surface area contributed by atoms with Crippen LogP contribution < -0.4 is 10.2 Å². The van der Waals surface area contributed by atoms with Gasteiger partial charge >= 0.3 is 0 Å². The molecule has 0 aromatic carbocycles. The van der Waals surface area contributed by atoms with E-state index in [1.807, 2.05) is 4.90 Å². The van der Waals surface area contributed by atoms with Crippen LogP contribution in [0.25, 0.3) is 0 Å². The summed E-state index contributed by atoms with van der Waals surface area (Å²) in [6, 6.07) is 0. The first-order valence-electron chi connectivity index (χ1n) is 6.93. The predicted octanol–water partition coefficient (Wildman–Crippen LogP) is 1.81. The quantitative estimate of drug-likeness (QED) is 0.900. The molecule has 2 aliphatic heterocycles. The Morgan fingerprint density at radius 3 is 2.84 bits per heavy atom. The third-order valence-electron chi connectivity index (χ3n) is 3.60. The van der Waals surface area contributed by atoms with Crippen LogP contribution in [0.15, 0.2) is 6.20 Å². The maximum Gasteiger partial charge on any atom is 0.224 e. The van der Waals surface area contributed by atoms with Crippen molar-refractivity contribution in [1.29, 1.82) is 0 Å². The summed E-state index contributed by atoms with van der Waals surface area (Å²) in [5, 5.41) is 3.09. The molecule has 3 rings (SSSR count). The molecule has 2 fully saturated rings. The van der Waals surface area contributed by atoms with E-state index in [1.165, 1.54) is 6.20 Å². The van der Waals surface area contributed by atoms with Crippen LogP contribution in [-0.4, -0.2) is 41.8 Å². The highest BCUT2D eigenvalue weighted by Crippen LogP contribution is 2.30. The van der Waals surface area contributed by atoms with Crippen LogP contribution in [0.1, 0.15) is 26.2 Å². The predicted molar refractivity (Wildman–Crippen MR) is 70.9 cm³/mol. The van der Waals surface area contributed by atoms with Gasteiger partial charge in [0.05, 0.1) is 18.4 Å². The molecule has 3 heterocycles. The summed E-state index contributed by atoms with van der Waals surface area (Å²) in [6.45, 7) is 4.30. The van der Waals surface area contributed by atoms with Gasteiger partial charge in [-0.15, -0.1) is 0 Å². The zero-order valence-electron chi connectivity index (χ0n) is 11.1. The fourth-order valence-corrected chi connectivity index (χ4v) is 2.69. The van der Waals surface area contributed by atoms with Gasteiger partial charge in [0, 0.05) is 19.6 Å². The fourth-order valence-electron chi connectivity index (χ4n) is 2.69. The minimum Gasteiger partial charge on any atom is -0.371 e. The number of hydrogen-bond acceptors (Lipinski definition) is 5. The van der Waals surface area contributed by atoms with Gasteiger partial charge in [0.15, 0.2) is 11.6 Å². The minimum atomic E-state index is -0.358. The molecule has 2 aliphatic rings. The molecule has 1 N–H and O–H groups in total. The molecule has 2 saturated heterocycles. The highest BCUT2D eigenvalue weighted by molar-refractivity contribution is 5.45. The number of halogens is 1. The fraction of sp³-hybridized carbons (Fsp3) is 0.692. The van der Waals surface area contributed by atoms with Crippen LogP contribution in [-0.2, 0) is 4.74 Å². The lowest BCUT2D eigenvalue weighted by Crippen LogP contribution is -2.43. The van der Waals surface area contributed by atoms with E-state index < -0.39 is 0 Å². The summed E-state index contributed by atoms with van der Waals surface area (Å²) in [4.78, 5) is 10.3. The lowest BCUT2D eigenvalue weighted by Gasteiger charge is -2.33. The van der Waals surface area contributed by atoms with Crippen molar-refractivity contribution in [3.8, 4) is 0 Å². The normalized spacial score (nSPS) is 25.7. The summed E-state index contributed by atoms with van der Waals surface area (Å²) in [5.41, 5.74) is 0. The minimum absolute atomic E-state index is 0.222. The lowest BCUT2D eigenvalue weighted by molar-refractivity contribution is 0.0300. The van der Waals surface area contributed by atoms with Crippen molar-refractivity contribution >= 4 is 11.8 Å². The van der Waals surface area contributed by atoms with Gasteiger partial charge < -0.3 is 15.0 Å². The van der Waals surface area contributed by atoms with Crippen LogP contribution >= 0.6 is 0 Å². The summed E-state index contributed by atoms with van der Waals surface area (Å²) < 4.78 is 19.7. The molecule has 2 unspecified atom stereocenters. The number of aromatic nitrogens is 2. The molecule has 1 aromatic heterocycles. The Hall–Kier alpha value is -1.43. The first-order valence-corrected chi connectivity index (χ1v) is 6.93. The third kappa shape index (κ3) is 2.63. The third-order valence-corrected chi connectivity index (χ3v) is 3.60. The van der Waals surface area contributed by atoms with Gasteiger partial charge in [0.2, 0.25) is 5.95 Å². The molecule has 5 nitrogen and oxygen atoms in total. The number of ether oxygens (including phenoxy) is 1. The summed E-state index contributed by atoms with van der Waals surface area (Å²) >= 11 is 0. The smallest absolute Gasteiger partial charge is 0.224 e. The van der Waals surface area contributed by atoms with Crippen LogP contribution in [0.5, 0.6) is 0 Å². The maximum atomic E-state index is 13.9. The molecular formula is C13H19FN4O. The second kappa shape index (κ2) is 5.28. The van der Waals surface area contributed by atoms with E-state index in [1.54, 1.807) is 0 Å². The van der Waals surface area contributed by atoms with Gasteiger partial charge in [-0.3, -0.25) is 0 Å². The van der Waals surface area contributed by atoms with E-state index in [9.17, 15) is 4.39 Å². The van der Waals surface area contributed by atoms with Crippen LogP contribution in [0, 0.1) is 5.82 Å². The monoisotopic (exact) mass is 266 g/mol. The average molecular weight is 266 g/mol. The molecule has 6 heteroatoms. The molecule has 2 bridgehead atoms. The molecule has 0 saturated carbocycles. The first-order chi connectivity index (χ1) is 9.26. The Morgan fingerprint density at radius 2 is 2.16 bits per heavy atom. The Kier molecular flexibility index (Phi) is 3.50. The molecule has 1 aromatic rings. The zero-order chi connectivity index (χ0) is 13.2. The number of rotatable bonds is 4. The largest absolute Gasteiger partial charge is 0.371 e. The molecule has 19 heavy (non-hydrogen) atoms. The van der Waals surface area contributed by atoms with Crippen LogP contribution in [0.4, 0.5) is 16.2 Å². The van der Waals surface area contributed by atoms with Gasteiger partial charge in [-0.25, -0.2) is 9.37 Å². The lowest BCUT2D eigenvalue weighted by atomic mass is 10.2. The Labute approximate surface area is 112 Å². The van der Waals surface area contributed by atoms with Gasteiger partial charge in [0.25, 0.3) is 0 Å². The van der Waals surface area contributed by atoms with Crippen molar-refractivity contribution in [3.05, 3.63) is 12.0 Å². The number of nitrogens with zero attached hydrogens (tertiary/aromatic N) is 3. The van der Waals surface area contributed by atoms with Crippen LogP contribution in [0.2, 0.25) is 0 Å². The Balaban J connectivity index is 1.79.